The highest BCUT2D eigenvalue weighted by atomic mass is 19.1. The van der Waals surface area contributed by atoms with Crippen LogP contribution in [0.1, 0.15) is 18.4 Å². The van der Waals surface area contributed by atoms with Crippen LogP contribution in [0.5, 0.6) is 0 Å². The minimum Gasteiger partial charge on any atom is -0.393 e. The number of piperidine rings is 1. The number of nitrogens with zero attached hydrogens (tertiary/aromatic N) is 4. The van der Waals surface area contributed by atoms with Crippen LogP contribution >= 0.6 is 0 Å². The van der Waals surface area contributed by atoms with Gasteiger partial charge >= 0.3 is 5.69 Å². The monoisotopic (exact) mass is 438 g/mol. The number of anilines is 4. The highest BCUT2D eigenvalue weighted by molar-refractivity contribution is 5.69. The van der Waals surface area contributed by atoms with E-state index in [0.717, 1.165) is 5.56 Å². The van der Waals surface area contributed by atoms with Crippen LogP contribution in [0.2, 0.25) is 0 Å². The Kier molecular flexibility index (Phi) is 6.41. The molecule has 4 rings (SSSR count). The zero-order valence-electron chi connectivity index (χ0n) is 17.2. The standard InChI is InChI=1S/C22H23FN6O3/c23-18-13-16(1-2-19(18)28-11-7-17(30)8-12-28)26-22-20(29(31)32)3-4-21(27-22)25-14-15-5-9-24-10-6-15/h1-6,9-10,13,17,30H,7-8,11-12,14H2,(H2,25,26,27). The summed E-state index contributed by atoms with van der Waals surface area (Å²) in [5.41, 5.74) is 1.56. The highest BCUT2D eigenvalue weighted by Gasteiger charge is 2.21. The van der Waals surface area contributed by atoms with Crippen molar-refractivity contribution in [3.63, 3.8) is 0 Å². The van der Waals surface area contributed by atoms with Gasteiger partial charge in [0.1, 0.15) is 11.6 Å². The van der Waals surface area contributed by atoms with Gasteiger partial charge in [0.15, 0.2) is 0 Å². The van der Waals surface area contributed by atoms with E-state index in [0.29, 0.717) is 49.7 Å². The lowest BCUT2D eigenvalue weighted by Gasteiger charge is -2.31. The second-order valence-electron chi connectivity index (χ2n) is 7.54. The number of nitrogens with one attached hydrogen (secondary N) is 2. The fraction of sp³-hybridized carbons (Fsp3) is 0.273. The van der Waals surface area contributed by atoms with E-state index in [1.54, 1.807) is 24.5 Å². The Hall–Kier alpha value is -3.79. The lowest BCUT2D eigenvalue weighted by atomic mass is 10.1. The van der Waals surface area contributed by atoms with Gasteiger partial charge in [-0.3, -0.25) is 15.1 Å². The molecule has 0 amide bonds. The van der Waals surface area contributed by atoms with Crippen molar-refractivity contribution < 1.29 is 14.4 Å². The molecule has 0 bridgehead atoms. The van der Waals surface area contributed by atoms with Gasteiger partial charge in [0.2, 0.25) is 5.82 Å². The molecule has 10 heteroatoms. The molecule has 1 aliphatic rings. The van der Waals surface area contributed by atoms with E-state index in [1.807, 2.05) is 17.0 Å². The summed E-state index contributed by atoms with van der Waals surface area (Å²) in [7, 11) is 0. The molecule has 3 aromatic rings. The fourth-order valence-corrected chi connectivity index (χ4v) is 3.57. The third kappa shape index (κ3) is 5.09. The molecular formula is C22H23FN6O3. The van der Waals surface area contributed by atoms with Crippen molar-refractivity contribution in [3.05, 3.63) is 76.4 Å². The minimum atomic E-state index is -0.536. The van der Waals surface area contributed by atoms with Gasteiger partial charge in [0.05, 0.1) is 16.7 Å². The minimum absolute atomic E-state index is 0.0166. The van der Waals surface area contributed by atoms with E-state index in [1.165, 1.54) is 18.2 Å². The Morgan fingerprint density at radius 1 is 1.16 bits per heavy atom. The van der Waals surface area contributed by atoms with Crippen molar-refractivity contribution in [1.29, 1.82) is 0 Å². The second kappa shape index (κ2) is 9.56. The lowest BCUT2D eigenvalue weighted by molar-refractivity contribution is -0.384. The van der Waals surface area contributed by atoms with Crippen LogP contribution in [-0.4, -0.2) is 39.2 Å². The number of halogens is 1. The fourth-order valence-electron chi connectivity index (χ4n) is 3.57. The number of hydrogen-bond donors (Lipinski definition) is 3. The van der Waals surface area contributed by atoms with Gasteiger partial charge in [-0.05, 0) is 54.8 Å². The summed E-state index contributed by atoms with van der Waals surface area (Å²) in [6, 6.07) is 11.2. The molecule has 1 aromatic carbocycles. The van der Waals surface area contributed by atoms with Crippen molar-refractivity contribution in [2.24, 2.45) is 0 Å². The first-order valence-electron chi connectivity index (χ1n) is 10.3. The number of hydrogen-bond acceptors (Lipinski definition) is 8. The SMILES string of the molecule is O=[N+]([O-])c1ccc(NCc2ccncc2)nc1Nc1ccc(N2CCC(O)CC2)c(F)c1. The Morgan fingerprint density at radius 2 is 1.91 bits per heavy atom. The van der Waals surface area contributed by atoms with Gasteiger partial charge in [-0.1, -0.05) is 0 Å². The first-order chi connectivity index (χ1) is 15.5. The summed E-state index contributed by atoms with van der Waals surface area (Å²) in [4.78, 5) is 21.1. The Bertz CT molecular complexity index is 1090. The quantitative estimate of drug-likeness (QED) is 0.376. The summed E-state index contributed by atoms with van der Waals surface area (Å²) < 4.78 is 14.8. The topological polar surface area (TPSA) is 116 Å². The maximum Gasteiger partial charge on any atom is 0.311 e. The van der Waals surface area contributed by atoms with Gasteiger partial charge in [0, 0.05) is 43.8 Å². The molecule has 0 atom stereocenters. The number of aromatic nitrogens is 2. The molecule has 0 radical (unpaired) electrons. The maximum absolute atomic E-state index is 14.8. The van der Waals surface area contributed by atoms with E-state index < -0.39 is 10.7 Å². The third-order valence-electron chi connectivity index (χ3n) is 5.31. The molecule has 0 spiro atoms. The zero-order chi connectivity index (χ0) is 22.5. The second-order valence-corrected chi connectivity index (χ2v) is 7.54. The third-order valence-corrected chi connectivity index (χ3v) is 5.31. The first kappa shape index (κ1) is 21.4. The number of pyridine rings is 2. The summed E-state index contributed by atoms with van der Waals surface area (Å²) in [6.07, 6.45) is 4.19. The maximum atomic E-state index is 14.8. The molecule has 9 nitrogen and oxygen atoms in total. The van der Waals surface area contributed by atoms with Crippen molar-refractivity contribution in [3.8, 4) is 0 Å². The van der Waals surface area contributed by atoms with Gasteiger partial charge in [0.25, 0.3) is 0 Å². The van der Waals surface area contributed by atoms with Gasteiger partial charge in [-0.15, -0.1) is 0 Å². The molecule has 0 aliphatic carbocycles. The average Bonchev–Trinajstić information content (AvgIpc) is 2.79. The van der Waals surface area contributed by atoms with E-state index in [-0.39, 0.29) is 17.6 Å². The summed E-state index contributed by atoms with van der Waals surface area (Å²) in [5, 5.41) is 27.1. The zero-order valence-corrected chi connectivity index (χ0v) is 17.2. The largest absolute Gasteiger partial charge is 0.393 e. The van der Waals surface area contributed by atoms with Crippen LogP contribution in [0.4, 0.5) is 33.1 Å². The van der Waals surface area contributed by atoms with E-state index in [9.17, 15) is 19.6 Å². The van der Waals surface area contributed by atoms with Crippen molar-refractivity contribution in [2.45, 2.75) is 25.5 Å². The number of nitro groups is 1. The van der Waals surface area contributed by atoms with Crippen LogP contribution in [-0.2, 0) is 6.54 Å². The van der Waals surface area contributed by atoms with Crippen molar-refractivity contribution in [2.75, 3.05) is 28.6 Å². The predicted octanol–water partition coefficient (Wildman–Crippen LogP) is 3.84. The average molecular weight is 438 g/mol. The molecule has 3 heterocycles. The Labute approximate surface area is 184 Å². The summed E-state index contributed by atoms with van der Waals surface area (Å²) in [5.74, 6) is 0.0165. The predicted molar refractivity (Wildman–Crippen MR) is 120 cm³/mol. The smallest absolute Gasteiger partial charge is 0.311 e. The molecule has 166 valence electrons. The highest BCUT2D eigenvalue weighted by Crippen LogP contribution is 2.30. The van der Waals surface area contributed by atoms with E-state index >= 15 is 0 Å². The lowest BCUT2D eigenvalue weighted by Crippen LogP contribution is -2.36. The number of rotatable bonds is 7. The molecule has 0 unspecified atom stereocenters. The molecule has 0 saturated carbocycles. The molecule has 3 N–H and O–H groups in total. The van der Waals surface area contributed by atoms with Gasteiger partial charge < -0.3 is 20.6 Å². The van der Waals surface area contributed by atoms with Crippen LogP contribution in [0.25, 0.3) is 0 Å². The molecular weight excluding hydrogens is 415 g/mol. The molecule has 1 fully saturated rings. The van der Waals surface area contributed by atoms with E-state index in [2.05, 4.69) is 20.6 Å². The van der Waals surface area contributed by atoms with Gasteiger partial charge in [-0.2, -0.15) is 0 Å². The molecule has 1 saturated heterocycles. The van der Waals surface area contributed by atoms with Crippen LogP contribution < -0.4 is 15.5 Å². The van der Waals surface area contributed by atoms with Gasteiger partial charge in [-0.25, -0.2) is 9.37 Å². The van der Waals surface area contributed by atoms with Crippen LogP contribution in [0.3, 0.4) is 0 Å². The number of aliphatic hydroxyl groups excluding tert-OH is 1. The number of benzene rings is 1. The summed E-state index contributed by atoms with van der Waals surface area (Å²) >= 11 is 0. The van der Waals surface area contributed by atoms with Crippen molar-refractivity contribution in [1.82, 2.24) is 9.97 Å². The normalized spacial score (nSPS) is 14.2. The summed E-state index contributed by atoms with van der Waals surface area (Å²) in [6.45, 7) is 1.62. The van der Waals surface area contributed by atoms with Crippen LogP contribution in [0.15, 0.2) is 54.9 Å². The molecule has 32 heavy (non-hydrogen) atoms. The molecule has 2 aromatic heterocycles. The van der Waals surface area contributed by atoms with Crippen molar-refractivity contribution >= 4 is 28.7 Å². The van der Waals surface area contributed by atoms with Crippen LogP contribution in [0, 0.1) is 15.9 Å². The number of aliphatic hydroxyl groups is 1. The Balaban J connectivity index is 1.51. The Morgan fingerprint density at radius 3 is 2.59 bits per heavy atom. The molecule has 1 aliphatic heterocycles. The first-order valence-corrected chi connectivity index (χ1v) is 10.3. The van der Waals surface area contributed by atoms with E-state index in [4.69, 9.17) is 0 Å².